The first-order chi connectivity index (χ1) is 18.9. The first-order valence-electron chi connectivity index (χ1n) is 13.0. The molecule has 1 N–H and O–H groups in total. The number of benzene rings is 3. The van der Waals surface area contributed by atoms with E-state index >= 15 is 0 Å². The van der Waals surface area contributed by atoms with Crippen molar-refractivity contribution in [1.82, 2.24) is 10.2 Å². The maximum atomic E-state index is 14.2. The molecule has 2 amide bonds. The number of carbonyl (C=O) groups is 2. The van der Waals surface area contributed by atoms with Crippen LogP contribution in [0.25, 0.3) is 0 Å². The van der Waals surface area contributed by atoms with Gasteiger partial charge in [0.1, 0.15) is 12.6 Å². The lowest BCUT2D eigenvalue weighted by molar-refractivity contribution is -0.140. The second kappa shape index (κ2) is 13.5. The zero-order valence-electron chi connectivity index (χ0n) is 23.3. The fourth-order valence-electron chi connectivity index (χ4n) is 4.38. The number of halogens is 2. The quantitative estimate of drug-likeness (QED) is 0.285. The molecule has 3 aromatic carbocycles. The number of carbonyl (C=O) groups excluding carboxylic acids is 2. The van der Waals surface area contributed by atoms with Crippen molar-refractivity contribution in [3.8, 4) is 0 Å². The highest BCUT2D eigenvalue weighted by atomic mass is 35.5. The van der Waals surface area contributed by atoms with Crippen LogP contribution in [0.15, 0.2) is 71.6 Å². The maximum absolute atomic E-state index is 14.2. The molecule has 0 spiro atoms. The molecule has 0 heterocycles. The Bertz CT molecular complexity index is 1440. The third-order valence-corrected chi connectivity index (χ3v) is 8.93. The molecule has 0 bridgehead atoms. The molecule has 10 heteroatoms. The van der Waals surface area contributed by atoms with Gasteiger partial charge in [-0.05, 0) is 75.6 Å². The minimum absolute atomic E-state index is 0.0500. The van der Waals surface area contributed by atoms with Crippen molar-refractivity contribution in [1.29, 1.82) is 0 Å². The maximum Gasteiger partial charge on any atom is 0.264 e. The van der Waals surface area contributed by atoms with E-state index in [-0.39, 0.29) is 23.4 Å². The van der Waals surface area contributed by atoms with Crippen molar-refractivity contribution in [2.24, 2.45) is 0 Å². The van der Waals surface area contributed by atoms with Gasteiger partial charge in [0, 0.05) is 28.2 Å². The number of amides is 2. The average molecular weight is 605 g/mol. The number of aryl methyl sites for hydroxylation is 2. The summed E-state index contributed by atoms with van der Waals surface area (Å²) in [6.45, 7) is 8.49. The summed E-state index contributed by atoms with van der Waals surface area (Å²) in [5.41, 5.74) is 2.37. The van der Waals surface area contributed by atoms with Crippen molar-refractivity contribution in [2.45, 2.75) is 64.6 Å². The highest BCUT2D eigenvalue weighted by Gasteiger charge is 2.34. The molecule has 0 aliphatic heterocycles. The Morgan fingerprint density at radius 1 is 0.925 bits per heavy atom. The van der Waals surface area contributed by atoms with E-state index < -0.39 is 28.5 Å². The fraction of sp³-hybridized carbons (Fsp3) is 0.333. The van der Waals surface area contributed by atoms with E-state index in [9.17, 15) is 18.0 Å². The first-order valence-corrected chi connectivity index (χ1v) is 15.2. The van der Waals surface area contributed by atoms with Crippen LogP contribution >= 0.6 is 23.2 Å². The Kier molecular flexibility index (Phi) is 10.6. The topological polar surface area (TPSA) is 86.8 Å². The van der Waals surface area contributed by atoms with Gasteiger partial charge < -0.3 is 10.2 Å². The van der Waals surface area contributed by atoms with E-state index in [1.165, 1.54) is 17.0 Å². The number of hydrogen-bond donors (Lipinski definition) is 1. The summed E-state index contributed by atoms with van der Waals surface area (Å²) in [5, 5.41) is 3.55. The SMILES string of the molecule is CC[C@H](C(=O)NC(C)C)N(Cc1c(Cl)cccc1Cl)C(=O)CN(c1cc(C)ccc1C)S(=O)(=O)c1ccccc1. The van der Waals surface area contributed by atoms with Gasteiger partial charge in [-0.15, -0.1) is 0 Å². The summed E-state index contributed by atoms with van der Waals surface area (Å²) in [7, 11) is -4.15. The highest BCUT2D eigenvalue weighted by Crippen LogP contribution is 2.30. The number of anilines is 1. The van der Waals surface area contributed by atoms with E-state index in [4.69, 9.17) is 23.2 Å². The van der Waals surface area contributed by atoms with Crippen molar-refractivity contribution >= 4 is 50.7 Å². The monoisotopic (exact) mass is 603 g/mol. The molecule has 3 rings (SSSR count). The van der Waals surface area contributed by atoms with E-state index in [0.717, 1.165) is 9.87 Å². The Labute approximate surface area is 247 Å². The van der Waals surface area contributed by atoms with Gasteiger partial charge in [0.15, 0.2) is 0 Å². The van der Waals surface area contributed by atoms with Gasteiger partial charge in [0.25, 0.3) is 10.0 Å². The summed E-state index contributed by atoms with van der Waals surface area (Å²) in [6.07, 6.45) is 0.293. The van der Waals surface area contributed by atoms with Crippen molar-refractivity contribution < 1.29 is 18.0 Å². The molecule has 0 aromatic heterocycles. The molecule has 0 saturated heterocycles. The van der Waals surface area contributed by atoms with Crippen LogP contribution < -0.4 is 9.62 Å². The Morgan fingerprint density at radius 3 is 2.12 bits per heavy atom. The standard InChI is InChI=1S/C30H35Cl2N3O4S/c1-6-27(30(37)33-20(2)3)34(18-24-25(31)13-10-14-26(24)32)29(36)19-35(28-17-21(4)15-16-22(28)5)40(38,39)23-11-8-7-9-12-23/h7-17,20,27H,6,18-19H2,1-5H3,(H,33,37)/t27-/m1/s1. The molecule has 3 aromatic rings. The molecule has 0 radical (unpaired) electrons. The average Bonchev–Trinajstić information content (AvgIpc) is 2.90. The molecular formula is C30H35Cl2N3O4S. The van der Waals surface area contributed by atoms with Crippen LogP contribution in [0.4, 0.5) is 5.69 Å². The first kappa shape index (κ1) is 31.5. The molecule has 0 aliphatic rings. The smallest absolute Gasteiger partial charge is 0.264 e. The lowest BCUT2D eigenvalue weighted by Crippen LogP contribution is -2.53. The summed E-state index contributed by atoms with van der Waals surface area (Å²) in [4.78, 5) is 28.8. The Morgan fingerprint density at radius 2 is 1.55 bits per heavy atom. The molecule has 0 fully saturated rings. The molecular weight excluding hydrogens is 569 g/mol. The molecule has 7 nitrogen and oxygen atoms in total. The van der Waals surface area contributed by atoms with Crippen LogP contribution in [0.5, 0.6) is 0 Å². The van der Waals surface area contributed by atoms with E-state index in [0.29, 0.717) is 33.3 Å². The molecule has 214 valence electrons. The zero-order chi connectivity index (χ0) is 29.6. The summed E-state index contributed by atoms with van der Waals surface area (Å²) in [5.74, 6) is -0.916. The molecule has 1 atom stereocenters. The van der Waals surface area contributed by atoms with E-state index in [1.807, 2.05) is 32.9 Å². The van der Waals surface area contributed by atoms with Crippen LogP contribution in [-0.2, 0) is 26.2 Å². The van der Waals surface area contributed by atoms with Gasteiger partial charge in [-0.3, -0.25) is 13.9 Å². The minimum atomic E-state index is -4.15. The number of nitrogens with one attached hydrogen (secondary N) is 1. The van der Waals surface area contributed by atoms with E-state index in [2.05, 4.69) is 5.32 Å². The third kappa shape index (κ3) is 7.36. The molecule has 0 unspecified atom stereocenters. The minimum Gasteiger partial charge on any atom is -0.352 e. The summed E-state index contributed by atoms with van der Waals surface area (Å²) in [6, 6.07) is 17.3. The number of nitrogens with zero attached hydrogens (tertiary/aromatic N) is 2. The Balaban J connectivity index is 2.14. The number of rotatable bonds is 11. The lowest BCUT2D eigenvalue weighted by atomic mass is 10.1. The molecule has 0 saturated carbocycles. The highest BCUT2D eigenvalue weighted by molar-refractivity contribution is 7.92. The number of hydrogen-bond acceptors (Lipinski definition) is 4. The van der Waals surface area contributed by atoms with Gasteiger partial charge in [-0.1, -0.05) is 66.5 Å². The van der Waals surface area contributed by atoms with Crippen molar-refractivity contribution in [3.63, 3.8) is 0 Å². The van der Waals surface area contributed by atoms with Crippen molar-refractivity contribution in [3.05, 3.63) is 93.5 Å². The van der Waals surface area contributed by atoms with Gasteiger partial charge in [0.05, 0.1) is 10.6 Å². The number of sulfonamides is 1. The normalized spacial score (nSPS) is 12.2. The third-order valence-electron chi connectivity index (χ3n) is 6.45. The Hall–Kier alpha value is -3.07. The second-order valence-electron chi connectivity index (χ2n) is 9.92. The fourth-order valence-corrected chi connectivity index (χ4v) is 6.38. The van der Waals surface area contributed by atoms with Crippen LogP contribution in [0, 0.1) is 13.8 Å². The van der Waals surface area contributed by atoms with Crippen LogP contribution in [-0.4, -0.2) is 43.8 Å². The summed E-state index contributed by atoms with van der Waals surface area (Å²) < 4.78 is 29.1. The van der Waals surface area contributed by atoms with Crippen LogP contribution in [0.1, 0.15) is 43.9 Å². The van der Waals surface area contributed by atoms with Gasteiger partial charge in [-0.25, -0.2) is 8.42 Å². The van der Waals surface area contributed by atoms with Crippen molar-refractivity contribution in [2.75, 3.05) is 10.8 Å². The van der Waals surface area contributed by atoms with Gasteiger partial charge >= 0.3 is 0 Å². The van der Waals surface area contributed by atoms with Crippen LogP contribution in [0.3, 0.4) is 0 Å². The van der Waals surface area contributed by atoms with Gasteiger partial charge in [-0.2, -0.15) is 0 Å². The molecule has 0 aliphatic carbocycles. The van der Waals surface area contributed by atoms with Gasteiger partial charge in [0.2, 0.25) is 11.8 Å². The largest absolute Gasteiger partial charge is 0.352 e. The molecule has 40 heavy (non-hydrogen) atoms. The van der Waals surface area contributed by atoms with Crippen LogP contribution in [0.2, 0.25) is 10.0 Å². The van der Waals surface area contributed by atoms with E-state index in [1.54, 1.807) is 56.3 Å². The predicted octanol–water partition coefficient (Wildman–Crippen LogP) is 6.14. The lowest BCUT2D eigenvalue weighted by Gasteiger charge is -2.34. The second-order valence-corrected chi connectivity index (χ2v) is 12.6. The predicted molar refractivity (Wildman–Crippen MR) is 161 cm³/mol. The summed E-state index contributed by atoms with van der Waals surface area (Å²) >= 11 is 12.9. The zero-order valence-corrected chi connectivity index (χ0v) is 25.6.